The Balaban J connectivity index is 1.85. The van der Waals surface area contributed by atoms with Gasteiger partial charge >= 0.3 is 0 Å². The average Bonchev–Trinajstić information content (AvgIpc) is 2.78. The number of rotatable bonds is 8. The Morgan fingerprint density at radius 3 is 2.61 bits per heavy atom. The van der Waals surface area contributed by atoms with E-state index >= 15 is 0 Å². The molecule has 0 aliphatic carbocycles. The van der Waals surface area contributed by atoms with Gasteiger partial charge in [-0.2, -0.15) is 0 Å². The van der Waals surface area contributed by atoms with Gasteiger partial charge in [0.2, 0.25) is 11.8 Å². The first-order valence-corrected chi connectivity index (χ1v) is 7.91. The molecule has 8 nitrogen and oxygen atoms in total. The zero-order valence-electron chi connectivity index (χ0n) is 13.0. The van der Waals surface area contributed by atoms with E-state index in [-0.39, 0.29) is 24.4 Å². The number of nitrogens with zero attached hydrogens (tertiary/aromatic N) is 1. The van der Waals surface area contributed by atoms with Crippen molar-refractivity contribution in [3.63, 3.8) is 0 Å². The Kier molecular flexibility index (Phi) is 5.86. The fraction of sp³-hybridized carbons (Fsp3) is 0.600. The van der Waals surface area contributed by atoms with Crippen LogP contribution in [0.15, 0.2) is 11.8 Å². The van der Waals surface area contributed by atoms with Crippen LogP contribution in [-0.2, 0) is 19.2 Å². The quantitative estimate of drug-likeness (QED) is 0.395. The molecule has 4 N–H and O–H groups in total. The second kappa shape index (κ2) is 7.87. The minimum absolute atomic E-state index is 0.122. The fourth-order valence-electron chi connectivity index (χ4n) is 2.68. The number of carbonyl (C=O) groups excluding carboxylic acids is 4. The molecule has 23 heavy (non-hydrogen) atoms. The molecule has 4 amide bonds. The van der Waals surface area contributed by atoms with Gasteiger partial charge in [-0.1, -0.05) is 12.8 Å². The van der Waals surface area contributed by atoms with E-state index in [0.717, 1.165) is 30.6 Å². The molecular formula is C15H22N4O4. The standard InChI is InChI=1S/C15H22N4O4/c16-7-3-1-2-4-8-17-10-9-13(21)19(15(10)23)11-5-6-12(20)18-14(11)22/h9,11,17H,1-8,16H2,(H,18,20,22). The lowest BCUT2D eigenvalue weighted by atomic mass is 10.0. The number of hydrogen-bond acceptors (Lipinski definition) is 6. The summed E-state index contributed by atoms with van der Waals surface area (Å²) in [6.45, 7) is 1.26. The highest BCUT2D eigenvalue weighted by Crippen LogP contribution is 2.20. The van der Waals surface area contributed by atoms with Gasteiger partial charge in [0.1, 0.15) is 11.7 Å². The Labute approximate surface area is 134 Å². The molecule has 2 rings (SSSR count). The number of hydrogen-bond donors (Lipinski definition) is 3. The maximum absolute atomic E-state index is 12.3. The predicted molar refractivity (Wildman–Crippen MR) is 81.6 cm³/mol. The molecular weight excluding hydrogens is 300 g/mol. The number of amides is 4. The van der Waals surface area contributed by atoms with Gasteiger partial charge in [0.05, 0.1) is 0 Å². The molecule has 126 valence electrons. The number of nitrogens with two attached hydrogens (primary N) is 1. The second-order valence-electron chi connectivity index (χ2n) is 5.67. The minimum atomic E-state index is -0.909. The van der Waals surface area contributed by atoms with E-state index in [0.29, 0.717) is 13.1 Å². The zero-order chi connectivity index (χ0) is 16.8. The van der Waals surface area contributed by atoms with Crippen LogP contribution in [0.4, 0.5) is 0 Å². The van der Waals surface area contributed by atoms with Crippen LogP contribution in [-0.4, -0.2) is 47.7 Å². The normalized spacial score (nSPS) is 21.5. The summed E-state index contributed by atoms with van der Waals surface area (Å²) in [7, 11) is 0. The van der Waals surface area contributed by atoms with Gasteiger partial charge in [-0.3, -0.25) is 29.4 Å². The average molecular weight is 322 g/mol. The SMILES string of the molecule is NCCCCCCNC1=CC(=O)N(C2CCC(=O)NC2=O)C1=O. The number of piperidine rings is 1. The Morgan fingerprint density at radius 2 is 1.91 bits per heavy atom. The van der Waals surface area contributed by atoms with Gasteiger partial charge in [-0.05, 0) is 25.8 Å². The third-order valence-electron chi connectivity index (χ3n) is 3.92. The predicted octanol–water partition coefficient (Wildman–Crippen LogP) is -0.847. The van der Waals surface area contributed by atoms with Gasteiger partial charge in [-0.25, -0.2) is 0 Å². The molecule has 0 aromatic heterocycles. The van der Waals surface area contributed by atoms with Crippen molar-refractivity contribution in [2.24, 2.45) is 5.73 Å². The van der Waals surface area contributed by atoms with Crippen LogP contribution in [0.25, 0.3) is 0 Å². The molecule has 0 saturated carbocycles. The summed E-state index contributed by atoms with van der Waals surface area (Å²) >= 11 is 0. The molecule has 0 bridgehead atoms. The molecule has 1 atom stereocenters. The van der Waals surface area contributed by atoms with Crippen molar-refractivity contribution in [3.8, 4) is 0 Å². The van der Waals surface area contributed by atoms with Crippen LogP contribution < -0.4 is 16.4 Å². The van der Waals surface area contributed by atoms with Crippen LogP contribution >= 0.6 is 0 Å². The van der Waals surface area contributed by atoms with Crippen LogP contribution in [0.5, 0.6) is 0 Å². The summed E-state index contributed by atoms with van der Waals surface area (Å²) in [6.07, 6.45) is 5.38. The fourth-order valence-corrected chi connectivity index (χ4v) is 2.68. The lowest BCUT2D eigenvalue weighted by Crippen LogP contribution is -2.54. The number of carbonyl (C=O) groups is 4. The number of imide groups is 2. The second-order valence-corrected chi connectivity index (χ2v) is 5.67. The monoisotopic (exact) mass is 322 g/mol. The zero-order valence-corrected chi connectivity index (χ0v) is 13.0. The first kappa shape index (κ1) is 17.1. The van der Waals surface area contributed by atoms with Crippen LogP contribution in [0.3, 0.4) is 0 Å². The topological polar surface area (TPSA) is 122 Å². The highest BCUT2D eigenvalue weighted by Gasteiger charge is 2.42. The molecule has 1 saturated heterocycles. The molecule has 2 aliphatic heterocycles. The summed E-state index contributed by atoms with van der Waals surface area (Å²) in [5, 5.41) is 5.11. The lowest BCUT2D eigenvalue weighted by molar-refractivity contribution is -0.149. The van der Waals surface area contributed by atoms with E-state index in [2.05, 4.69) is 10.6 Å². The maximum atomic E-state index is 12.3. The first-order valence-electron chi connectivity index (χ1n) is 7.91. The van der Waals surface area contributed by atoms with Crippen molar-refractivity contribution >= 4 is 23.6 Å². The lowest BCUT2D eigenvalue weighted by Gasteiger charge is -2.28. The van der Waals surface area contributed by atoms with E-state index in [4.69, 9.17) is 5.73 Å². The Hall–Kier alpha value is -2.22. The van der Waals surface area contributed by atoms with E-state index in [1.165, 1.54) is 6.08 Å². The molecule has 8 heteroatoms. The van der Waals surface area contributed by atoms with Crippen LogP contribution in [0.2, 0.25) is 0 Å². The maximum Gasteiger partial charge on any atom is 0.277 e. The Bertz CT molecular complexity index is 544. The Morgan fingerprint density at radius 1 is 1.17 bits per heavy atom. The van der Waals surface area contributed by atoms with Crippen molar-refractivity contribution in [2.75, 3.05) is 13.1 Å². The largest absolute Gasteiger partial charge is 0.380 e. The third kappa shape index (κ3) is 4.16. The van der Waals surface area contributed by atoms with Crippen molar-refractivity contribution in [3.05, 3.63) is 11.8 Å². The van der Waals surface area contributed by atoms with Crippen molar-refractivity contribution in [2.45, 2.75) is 44.6 Å². The highest BCUT2D eigenvalue weighted by atomic mass is 16.2. The van der Waals surface area contributed by atoms with E-state index in [1.807, 2.05) is 0 Å². The van der Waals surface area contributed by atoms with Gasteiger partial charge in [0.25, 0.3) is 11.8 Å². The molecule has 1 fully saturated rings. The smallest absolute Gasteiger partial charge is 0.277 e. The van der Waals surface area contributed by atoms with Gasteiger partial charge in [0.15, 0.2) is 0 Å². The number of unbranched alkanes of at least 4 members (excludes halogenated alkanes) is 3. The molecule has 0 aromatic rings. The van der Waals surface area contributed by atoms with Crippen molar-refractivity contribution < 1.29 is 19.2 Å². The van der Waals surface area contributed by atoms with E-state index < -0.39 is 23.8 Å². The van der Waals surface area contributed by atoms with Crippen LogP contribution in [0, 0.1) is 0 Å². The summed E-state index contributed by atoms with van der Waals surface area (Å²) < 4.78 is 0. The highest BCUT2D eigenvalue weighted by molar-refractivity contribution is 6.18. The minimum Gasteiger partial charge on any atom is -0.380 e. The van der Waals surface area contributed by atoms with Gasteiger partial charge in [-0.15, -0.1) is 0 Å². The van der Waals surface area contributed by atoms with Crippen molar-refractivity contribution in [1.29, 1.82) is 0 Å². The summed E-state index contributed by atoms with van der Waals surface area (Å²) in [5.41, 5.74) is 5.62. The van der Waals surface area contributed by atoms with Gasteiger partial charge < -0.3 is 11.1 Å². The summed E-state index contributed by atoms with van der Waals surface area (Å²) in [4.78, 5) is 48.2. The summed E-state index contributed by atoms with van der Waals surface area (Å²) in [6, 6.07) is -0.909. The third-order valence-corrected chi connectivity index (χ3v) is 3.92. The number of nitrogens with one attached hydrogen (secondary N) is 2. The molecule has 2 heterocycles. The molecule has 0 aromatic carbocycles. The van der Waals surface area contributed by atoms with E-state index in [9.17, 15) is 19.2 Å². The first-order chi connectivity index (χ1) is 11.0. The molecule has 0 spiro atoms. The van der Waals surface area contributed by atoms with Crippen molar-refractivity contribution in [1.82, 2.24) is 15.5 Å². The molecule has 0 radical (unpaired) electrons. The van der Waals surface area contributed by atoms with Crippen LogP contribution in [0.1, 0.15) is 38.5 Å². The van der Waals surface area contributed by atoms with Gasteiger partial charge in [0, 0.05) is 19.0 Å². The molecule has 2 aliphatic rings. The van der Waals surface area contributed by atoms with E-state index in [1.54, 1.807) is 0 Å². The summed E-state index contributed by atoms with van der Waals surface area (Å²) in [5.74, 6) is -2.00. The molecule has 1 unspecified atom stereocenters.